The van der Waals surface area contributed by atoms with E-state index < -0.39 is 0 Å². The highest BCUT2D eigenvalue weighted by Gasteiger charge is 2.24. The van der Waals surface area contributed by atoms with Gasteiger partial charge in [0.15, 0.2) is 0 Å². The number of rotatable bonds is 4. The zero-order valence-corrected chi connectivity index (χ0v) is 10.5. The van der Waals surface area contributed by atoms with E-state index >= 15 is 0 Å². The Balaban J connectivity index is 2.09. The summed E-state index contributed by atoms with van der Waals surface area (Å²) in [5, 5.41) is 10.1. The van der Waals surface area contributed by atoms with Gasteiger partial charge in [0.25, 0.3) is 0 Å². The van der Waals surface area contributed by atoms with Crippen LogP contribution in [0.25, 0.3) is 0 Å². The highest BCUT2D eigenvalue weighted by molar-refractivity contribution is 7.09. The third-order valence-electron chi connectivity index (χ3n) is 3.11. The summed E-state index contributed by atoms with van der Waals surface area (Å²) in [5.74, 6) is 0.938. The number of aliphatic hydroxyl groups is 1. The van der Waals surface area contributed by atoms with Gasteiger partial charge < -0.3 is 10.0 Å². The fraction of sp³-hybridized carbons (Fsp3) is 0.818. The van der Waals surface area contributed by atoms with Gasteiger partial charge >= 0.3 is 0 Å². The third-order valence-corrected chi connectivity index (χ3v) is 3.90. The van der Waals surface area contributed by atoms with Crippen LogP contribution in [0.5, 0.6) is 0 Å². The van der Waals surface area contributed by atoms with Gasteiger partial charge in [-0.1, -0.05) is 6.92 Å². The van der Waals surface area contributed by atoms with E-state index in [1.54, 1.807) is 0 Å². The lowest BCUT2D eigenvalue weighted by atomic mass is 10.0. The average Bonchev–Trinajstić information content (AvgIpc) is 2.79. The average molecular weight is 241 g/mol. The summed E-state index contributed by atoms with van der Waals surface area (Å²) in [6, 6.07) is 0.455. The molecule has 1 N–H and O–H groups in total. The Bertz CT molecular complexity index is 327. The number of aliphatic hydroxyl groups excluding tert-OH is 1. The molecule has 1 aliphatic rings. The molecule has 0 aliphatic carbocycles. The van der Waals surface area contributed by atoms with E-state index in [1.165, 1.54) is 30.8 Å². The molecule has 1 unspecified atom stereocenters. The SMILES string of the molecule is CCc1nsc(N2CCCCC2CCO)n1. The second kappa shape index (κ2) is 5.59. The van der Waals surface area contributed by atoms with Crippen molar-refractivity contribution in [2.75, 3.05) is 18.1 Å². The summed E-state index contributed by atoms with van der Waals surface area (Å²) < 4.78 is 4.33. The van der Waals surface area contributed by atoms with Crippen LogP contribution in [0.15, 0.2) is 0 Å². The summed E-state index contributed by atoms with van der Waals surface area (Å²) in [5.41, 5.74) is 0. The minimum absolute atomic E-state index is 0.264. The largest absolute Gasteiger partial charge is 0.396 e. The Morgan fingerprint density at radius 2 is 2.38 bits per heavy atom. The summed E-state index contributed by atoms with van der Waals surface area (Å²) in [4.78, 5) is 6.87. The maximum atomic E-state index is 9.08. The molecule has 0 amide bonds. The molecule has 0 spiro atoms. The number of aromatic nitrogens is 2. The van der Waals surface area contributed by atoms with Crippen LogP contribution < -0.4 is 4.90 Å². The second-order valence-corrected chi connectivity index (χ2v) is 4.93. The van der Waals surface area contributed by atoms with E-state index in [9.17, 15) is 0 Å². The number of hydrogen-bond donors (Lipinski definition) is 1. The van der Waals surface area contributed by atoms with Crippen LogP contribution in [0.3, 0.4) is 0 Å². The first-order valence-electron chi connectivity index (χ1n) is 6.05. The van der Waals surface area contributed by atoms with Crippen molar-refractivity contribution in [3.05, 3.63) is 5.82 Å². The van der Waals surface area contributed by atoms with Crippen LogP contribution in [0.4, 0.5) is 5.13 Å². The zero-order valence-electron chi connectivity index (χ0n) is 9.72. The van der Waals surface area contributed by atoms with E-state index in [-0.39, 0.29) is 6.61 Å². The molecule has 16 heavy (non-hydrogen) atoms. The summed E-state index contributed by atoms with van der Waals surface area (Å²) in [7, 11) is 0. The van der Waals surface area contributed by atoms with Crippen LogP contribution in [-0.4, -0.2) is 33.7 Å². The zero-order chi connectivity index (χ0) is 11.4. The Morgan fingerprint density at radius 1 is 1.50 bits per heavy atom. The number of aryl methyl sites for hydroxylation is 1. The predicted octanol–water partition coefficient (Wildman–Crippen LogP) is 1.84. The molecule has 1 aliphatic heterocycles. The molecule has 0 bridgehead atoms. The van der Waals surface area contributed by atoms with Crippen molar-refractivity contribution in [3.63, 3.8) is 0 Å². The van der Waals surface area contributed by atoms with Crippen LogP contribution in [0, 0.1) is 0 Å². The van der Waals surface area contributed by atoms with Crippen molar-refractivity contribution < 1.29 is 5.11 Å². The summed E-state index contributed by atoms with van der Waals surface area (Å²) >= 11 is 1.49. The van der Waals surface area contributed by atoms with Crippen LogP contribution >= 0.6 is 11.5 Å². The maximum Gasteiger partial charge on any atom is 0.205 e. The molecule has 5 heteroatoms. The summed E-state index contributed by atoms with van der Waals surface area (Å²) in [6.07, 6.45) is 5.40. The van der Waals surface area contributed by atoms with E-state index in [0.717, 1.165) is 30.3 Å². The van der Waals surface area contributed by atoms with Gasteiger partial charge in [-0.15, -0.1) is 0 Å². The van der Waals surface area contributed by atoms with Gasteiger partial charge in [0, 0.05) is 37.1 Å². The molecule has 2 heterocycles. The van der Waals surface area contributed by atoms with Gasteiger partial charge in [0.2, 0.25) is 5.13 Å². The van der Waals surface area contributed by atoms with Crippen LogP contribution in [-0.2, 0) is 6.42 Å². The van der Waals surface area contributed by atoms with Crippen molar-refractivity contribution in [1.82, 2.24) is 9.36 Å². The molecule has 1 atom stereocenters. The van der Waals surface area contributed by atoms with E-state index in [4.69, 9.17) is 5.11 Å². The monoisotopic (exact) mass is 241 g/mol. The molecule has 0 saturated carbocycles. The molecular weight excluding hydrogens is 222 g/mol. The molecular formula is C11H19N3OS. The van der Waals surface area contributed by atoms with Crippen molar-refractivity contribution in [3.8, 4) is 0 Å². The van der Waals surface area contributed by atoms with E-state index in [0.29, 0.717) is 6.04 Å². The first kappa shape index (κ1) is 11.8. The molecule has 2 rings (SSSR count). The van der Waals surface area contributed by atoms with Gasteiger partial charge in [-0.25, -0.2) is 4.98 Å². The van der Waals surface area contributed by atoms with Gasteiger partial charge in [-0.2, -0.15) is 4.37 Å². The Hall–Kier alpha value is -0.680. The van der Waals surface area contributed by atoms with Crippen molar-refractivity contribution in [1.29, 1.82) is 0 Å². The lowest BCUT2D eigenvalue weighted by Gasteiger charge is -2.34. The first-order valence-corrected chi connectivity index (χ1v) is 6.82. The van der Waals surface area contributed by atoms with Crippen LogP contribution in [0.1, 0.15) is 38.4 Å². The molecule has 1 aromatic heterocycles. The van der Waals surface area contributed by atoms with Crippen molar-refractivity contribution in [2.24, 2.45) is 0 Å². The van der Waals surface area contributed by atoms with Gasteiger partial charge in [-0.3, -0.25) is 0 Å². The number of nitrogens with zero attached hydrogens (tertiary/aromatic N) is 3. The lowest BCUT2D eigenvalue weighted by molar-refractivity contribution is 0.262. The Labute approximate surface area is 100 Å². The van der Waals surface area contributed by atoms with Crippen molar-refractivity contribution in [2.45, 2.75) is 45.1 Å². The molecule has 1 saturated heterocycles. The summed E-state index contributed by atoms with van der Waals surface area (Å²) in [6.45, 7) is 3.40. The number of hydrogen-bond acceptors (Lipinski definition) is 5. The number of piperidine rings is 1. The van der Waals surface area contributed by atoms with Gasteiger partial charge in [0.05, 0.1) is 0 Å². The minimum atomic E-state index is 0.264. The fourth-order valence-corrected chi connectivity index (χ4v) is 3.05. The molecule has 90 valence electrons. The van der Waals surface area contributed by atoms with Gasteiger partial charge in [0.1, 0.15) is 5.82 Å². The Morgan fingerprint density at radius 3 is 3.06 bits per heavy atom. The third kappa shape index (κ3) is 2.52. The van der Waals surface area contributed by atoms with Gasteiger partial charge in [-0.05, 0) is 25.7 Å². The Kier molecular flexibility index (Phi) is 4.12. The highest BCUT2D eigenvalue weighted by Crippen LogP contribution is 2.27. The maximum absolute atomic E-state index is 9.08. The molecule has 0 aromatic carbocycles. The minimum Gasteiger partial charge on any atom is -0.396 e. The molecule has 1 aromatic rings. The van der Waals surface area contributed by atoms with Crippen LogP contribution in [0.2, 0.25) is 0 Å². The number of anilines is 1. The quantitative estimate of drug-likeness (QED) is 0.874. The predicted molar refractivity (Wildman–Crippen MR) is 66.0 cm³/mol. The highest BCUT2D eigenvalue weighted by atomic mass is 32.1. The molecule has 1 fully saturated rings. The van der Waals surface area contributed by atoms with E-state index in [1.807, 2.05) is 0 Å². The first-order chi connectivity index (χ1) is 7.85. The lowest BCUT2D eigenvalue weighted by Crippen LogP contribution is -2.40. The fourth-order valence-electron chi connectivity index (χ4n) is 2.21. The molecule has 0 radical (unpaired) electrons. The van der Waals surface area contributed by atoms with Crippen molar-refractivity contribution >= 4 is 16.7 Å². The molecule has 4 nitrogen and oxygen atoms in total. The smallest absolute Gasteiger partial charge is 0.205 e. The van der Waals surface area contributed by atoms with E-state index in [2.05, 4.69) is 21.2 Å². The standard InChI is InChI=1S/C11H19N3OS/c1-2-10-12-11(16-13-10)14-7-4-3-5-9(14)6-8-15/h9,15H,2-8H2,1H3. The second-order valence-electron chi connectivity index (χ2n) is 4.20. The normalized spacial score (nSPS) is 21.4. The topological polar surface area (TPSA) is 49.2 Å².